The molecule has 1 aromatic carbocycles. The predicted octanol–water partition coefficient (Wildman–Crippen LogP) is 2.53. The third-order valence-electron chi connectivity index (χ3n) is 3.99. The molecule has 0 saturated heterocycles. The lowest BCUT2D eigenvalue weighted by atomic mass is 10.1. The number of carbonyl (C=O) groups is 2. The number of rotatable bonds is 9. The maximum atomic E-state index is 11.7. The first-order valence-corrected chi connectivity index (χ1v) is 7.71. The Morgan fingerprint density at radius 2 is 2.09 bits per heavy atom. The van der Waals surface area contributed by atoms with Crippen molar-refractivity contribution in [1.29, 1.82) is 0 Å². The Balaban J connectivity index is 1.55. The number of carboxylic acid groups (broad SMARTS) is 1. The zero-order chi connectivity index (χ0) is 16.0. The summed E-state index contributed by atoms with van der Waals surface area (Å²) in [5.41, 5.74) is 0.466. The van der Waals surface area contributed by atoms with E-state index in [1.165, 1.54) is 0 Å². The highest BCUT2D eigenvalue weighted by Crippen LogP contribution is 2.45. The molecule has 0 spiro atoms. The first kappa shape index (κ1) is 16.3. The van der Waals surface area contributed by atoms with E-state index in [0.717, 1.165) is 24.2 Å². The van der Waals surface area contributed by atoms with Crippen LogP contribution in [0.3, 0.4) is 0 Å². The van der Waals surface area contributed by atoms with E-state index in [0.29, 0.717) is 25.9 Å². The second kappa shape index (κ2) is 7.29. The number of hydrogen-bond donors (Lipinski definition) is 2. The van der Waals surface area contributed by atoms with Gasteiger partial charge in [-0.25, -0.2) is 0 Å². The van der Waals surface area contributed by atoms with Crippen molar-refractivity contribution in [2.24, 2.45) is 5.41 Å². The summed E-state index contributed by atoms with van der Waals surface area (Å²) in [6.45, 7) is 2.84. The van der Waals surface area contributed by atoms with E-state index in [1.54, 1.807) is 0 Å². The number of ether oxygens (including phenoxy) is 1. The average molecular weight is 305 g/mol. The Morgan fingerprint density at radius 1 is 1.32 bits per heavy atom. The van der Waals surface area contributed by atoms with Crippen LogP contribution in [0.5, 0.6) is 5.75 Å². The van der Waals surface area contributed by atoms with Crippen LogP contribution in [-0.2, 0) is 9.59 Å². The fourth-order valence-electron chi connectivity index (χ4n) is 2.26. The second-order valence-electron chi connectivity index (χ2n) is 5.98. The summed E-state index contributed by atoms with van der Waals surface area (Å²) in [4.78, 5) is 22.7. The lowest BCUT2D eigenvalue weighted by molar-refractivity contribution is -0.143. The van der Waals surface area contributed by atoms with Gasteiger partial charge in [0.2, 0.25) is 5.91 Å². The van der Waals surface area contributed by atoms with E-state index in [9.17, 15) is 9.59 Å². The molecule has 0 atom stereocenters. The van der Waals surface area contributed by atoms with E-state index in [4.69, 9.17) is 9.84 Å². The number of aryl methyl sites for hydroxylation is 1. The van der Waals surface area contributed by atoms with Gasteiger partial charge in [-0.05, 0) is 50.3 Å². The van der Waals surface area contributed by atoms with Gasteiger partial charge in [0, 0.05) is 13.0 Å². The molecule has 1 saturated carbocycles. The molecule has 2 rings (SSSR count). The molecule has 0 aromatic heterocycles. The molecule has 1 aromatic rings. The number of hydrogen-bond acceptors (Lipinski definition) is 3. The first-order valence-electron chi connectivity index (χ1n) is 7.71. The van der Waals surface area contributed by atoms with E-state index in [1.807, 2.05) is 31.2 Å². The molecule has 0 radical (unpaired) electrons. The molecule has 1 amide bonds. The Morgan fingerprint density at radius 3 is 2.73 bits per heavy atom. The maximum absolute atomic E-state index is 11.7. The number of carbonyl (C=O) groups excluding carboxylic acids is 1. The summed E-state index contributed by atoms with van der Waals surface area (Å²) in [5, 5.41) is 11.7. The Labute approximate surface area is 130 Å². The van der Waals surface area contributed by atoms with Crippen molar-refractivity contribution < 1.29 is 19.4 Å². The molecule has 0 unspecified atom stereocenters. The van der Waals surface area contributed by atoms with Crippen LogP contribution < -0.4 is 10.1 Å². The number of carboxylic acids is 1. The van der Waals surface area contributed by atoms with Crippen molar-refractivity contribution in [3.63, 3.8) is 0 Å². The second-order valence-corrected chi connectivity index (χ2v) is 5.98. The summed E-state index contributed by atoms with van der Waals surface area (Å²) in [6, 6.07) is 7.86. The molecule has 120 valence electrons. The lowest BCUT2D eigenvalue weighted by Crippen LogP contribution is -2.34. The molecule has 0 heterocycles. The van der Waals surface area contributed by atoms with E-state index in [2.05, 4.69) is 5.32 Å². The number of benzene rings is 1. The van der Waals surface area contributed by atoms with Crippen molar-refractivity contribution in [2.45, 2.75) is 39.0 Å². The summed E-state index contributed by atoms with van der Waals surface area (Å²) in [6.07, 6.45) is 3.26. The predicted molar refractivity (Wildman–Crippen MR) is 82.8 cm³/mol. The van der Waals surface area contributed by atoms with Gasteiger partial charge in [0.25, 0.3) is 0 Å². The van der Waals surface area contributed by atoms with Crippen LogP contribution in [-0.4, -0.2) is 30.1 Å². The van der Waals surface area contributed by atoms with Crippen LogP contribution in [0.15, 0.2) is 24.3 Å². The summed E-state index contributed by atoms with van der Waals surface area (Å²) in [5.74, 6) is -0.0379. The topological polar surface area (TPSA) is 75.6 Å². The Kier molecular flexibility index (Phi) is 5.41. The zero-order valence-corrected chi connectivity index (χ0v) is 12.9. The van der Waals surface area contributed by atoms with Crippen LogP contribution in [0.1, 0.15) is 37.7 Å². The van der Waals surface area contributed by atoms with Crippen LogP contribution in [0.25, 0.3) is 0 Å². The van der Waals surface area contributed by atoms with Crippen molar-refractivity contribution in [2.75, 3.05) is 13.2 Å². The van der Waals surface area contributed by atoms with Crippen LogP contribution in [0.4, 0.5) is 0 Å². The van der Waals surface area contributed by atoms with Gasteiger partial charge in [0.05, 0.1) is 12.0 Å². The number of amides is 1. The Hall–Kier alpha value is -2.04. The molecular weight excluding hydrogens is 282 g/mol. The van der Waals surface area contributed by atoms with Gasteiger partial charge in [0.15, 0.2) is 0 Å². The van der Waals surface area contributed by atoms with Crippen molar-refractivity contribution in [3.05, 3.63) is 29.8 Å². The highest BCUT2D eigenvalue weighted by Gasteiger charge is 2.50. The van der Waals surface area contributed by atoms with Gasteiger partial charge in [0.1, 0.15) is 5.75 Å². The van der Waals surface area contributed by atoms with Crippen molar-refractivity contribution in [1.82, 2.24) is 5.32 Å². The zero-order valence-electron chi connectivity index (χ0n) is 12.9. The molecule has 5 heteroatoms. The molecule has 0 aliphatic heterocycles. The van der Waals surface area contributed by atoms with E-state index < -0.39 is 11.4 Å². The third-order valence-corrected chi connectivity index (χ3v) is 3.99. The first-order chi connectivity index (χ1) is 10.5. The SMILES string of the molecule is Cc1cccc(OCCCCC(=O)NCC2(C(=O)O)CC2)c1. The van der Waals surface area contributed by atoms with Crippen LogP contribution in [0.2, 0.25) is 0 Å². The number of aliphatic carboxylic acids is 1. The summed E-state index contributed by atoms with van der Waals surface area (Å²) < 4.78 is 5.61. The number of nitrogens with one attached hydrogen (secondary N) is 1. The molecule has 22 heavy (non-hydrogen) atoms. The molecule has 1 aliphatic carbocycles. The van der Waals surface area contributed by atoms with Crippen LogP contribution >= 0.6 is 0 Å². The standard InChI is InChI=1S/C17H23NO4/c1-13-5-4-6-14(11-13)22-10-3-2-7-15(19)18-12-17(8-9-17)16(20)21/h4-6,11H,2-3,7-10,12H2,1H3,(H,18,19)(H,20,21). The monoisotopic (exact) mass is 305 g/mol. The quantitative estimate of drug-likeness (QED) is 0.687. The minimum Gasteiger partial charge on any atom is -0.494 e. The van der Waals surface area contributed by atoms with E-state index in [-0.39, 0.29) is 12.5 Å². The van der Waals surface area contributed by atoms with Crippen molar-refractivity contribution >= 4 is 11.9 Å². The summed E-state index contributed by atoms with van der Waals surface area (Å²) >= 11 is 0. The normalized spacial score (nSPS) is 15.1. The van der Waals surface area contributed by atoms with E-state index >= 15 is 0 Å². The fourth-order valence-corrected chi connectivity index (χ4v) is 2.26. The highest BCUT2D eigenvalue weighted by molar-refractivity contribution is 5.80. The molecule has 0 bridgehead atoms. The summed E-state index contributed by atoms with van der Waals surface area (Å²) in [7, 11) is 0. The van der Waals surface area contributed by atoms with Crippen LogP contribution in [0, 0.1) is 12.3 Å². The minimum absolute atomic E-state index is 0.0805. The maximum Gasteiger partial charge on any atom is 0.311 e. The fraction of sp³-hybridized carbons (Fsp3) is 0.529. The van der Waals surface area contributed by atoms with Gasteiger partial charge in [-0.2, -0.15) is 0 Å². The third kappa shape index (κ3) is 4.76. The molecule has 1 fully saturated rings. The largest absolute Gasteiger partial charge is 0.494 e. The highest BCUT2D eigenvalue weighted by atomic mass is 16.5. The molecule has 5 nitrogen and oxygen atoms in total. The molecular formula is C17H23NO4. The Bertz CT molecular complexity index is 537. The molecule has 2 N–H and O–H groups in total. The smallest absolute Gasteiger partial charge is 0.311 e. The van der Waals surface area contributed by atoms with Gasteiger partial charge < -0.3 is 15.2 Å². The van der Waals surface area contributed by atoms with Gasteiger partial charge in [-0.15, -0.1) is 0 Å². The number of unbranched alkanes of at least 4 members (excludes halogenated alkanes) is 1. The lowest BCUT2D eigenvalue weighted by Gasteiger charge is -2.11. The van der Waals surface area contributed by atoms with Gasteiger partial charge in [-0.1, -0.05) is 12.1 Å². The minimum atomic E-state index is -0.806. The van der Waals surface area contributed by atoms with Gasteiger partial charge in [-0.3, -0.25) is 9.59 Å². The molecule has 1 aliphatic rings. The average Bonchev–Trinajstić information content (AvgIpc) is 3.26. The van der Waals surface area contributed by atoms with Crippen molar-refractivity contribution in [3.8, 4) is 5.75 Å². The van der Waals surface area contributed by atoms with Gasteiger partial charge >= 0.3 is 5.97 Å².